The fraction of sp³-hybridized carbons (Fsp3) is 0.353. The number of nitrogens with one attached hydrogen (secondary N) is 1. The average molecular weight is 337 g/mol. The van der Waals surface area contributed by atoms with E-state index in [2.05, 4.69) is 35.5 Å². The number of anilines is 1. The number of piperidine rings is 1. The lowest BCUT2D eigenvalue weighted by Crippen LogP contribution is -2.45. The molecule has 0 bridgehead atoms. The highest BCUT2D eigenvalue weighted by atomic mass is 16.5. The maximum atomic E-state index is 5.32. The lowest BCUT2D eigenvalue weighted by Gasteiger charge is -2.33. The second-order valence-electron chi connectivity index (χ2n) is 5.97. The number of aromatic nitrogens is 5. The number of hydrogen-bond donors (Lipinski definition) is 1. The summed E-state index contributed by atoms with van der Waals surface area (Å²) in [7, 11) is 0. The van der Waals surface area contributed by atoms with Gasteiger partial charge in [0.25, 0.3) is 0 Å². The van der Waals surface area contributed by atoms with Gasteiger partial charge in [0.2, 0.25) is 11.7 Å². The van der Waals surface area contributed by atoms with E-state index >= 15 is 0 Å². The van der Waals surface area contributed by atoms with Crippen molar-refractivity contribution in [2.75, 3.05) is 18.0 Å². The van der Waals surface area contributed by atoms with Crippen LogP contribution < -0.4 is 10.2 Å². The van der Waals surface area contributed by atoms with E-state index in [9.17, 15) is 0 Å². The van der Waals surface area contributed by atoms with Crippen molar-refractivity contribution in [1.29, 1.82) is 0 Å². The van der Waals surface area contributed by atoms with Crippen LogP contribution in [0.25, 0.3) is 11.5 Å². The molecule has 0 radical (unpaired) electrons. The van der Waals surface area contributed by atoms with E-state index in [1.54, 1.807) is 12.4 Å². The molecule has 1 aliphatic rings. The molecule has 4 heterocycles. The molecule has 0 amide bonds. The fourth-order valence-electron chi connectivity index (χ4n) is 2.97. The Labute approximate surface area is 145 Å². The summed E-state index contributed by atoms with van der Waals surface area (Å²) in [6.07, 6.45) is 5.62. The van der Waals surface area contributed by atoms with E-state index in [1.165, 1.54) is 0 Å². The smallest absolute Gasteiger partial charge is 0.240 e. The molecule has 1 aliphatic heterocycles. The summed E-state index contributed by atoms with van der Waals surface area (Å²) >= 11 is 0. The molecule has 3 aromatic rings. The molecule has 4 rings (SSSR count). The molecule has 128 valence electrons. The monoisotopic (exact) mass is 337 g/mol. The standard InChI is InChI=1S/C17H19N7O/c1-2-8-18-14(6-1)17-21-16(25-23-17)11-19-13-5-4-10-24(12-13)15-7-3-9-20-22-15/h1-3,6-9,13,19H,4-5,10-12H2/t13-/m1/s1. The summed E-state index contributed by atoms with van der Waals surface area (Å²) in [5.41, 5.74) is 0.712. The minimum absolute atomic E-state index is 0.348. The predicted octanol–water partition coefficient (Wildman–Crippen LogP) is 1.68. The van der Waals surface area contributed by atoms with Gasteiger partial charge in [-0.05, 0) is 37.1 Å². The Morgan fingerprint density at radius 3 is 3.04 bits per heavy atom. The molecule has 1 fully saturated rings. The van der Waals surface area contributed by atoms with Gasteiger partial charge in [0.05, 0.1) is 6.54 Å². The molecule has 0 aliphatic carbocycles. The Bertz CT molecular complexity index is 793. The van der Waals surface area contributed by atoms with E-state index in [-0.39, 0.29) is 0 Å². The van der Waals surface area contributed by atoms with Gasteiger partial charge in [-0.1, -0.05) is 11.2 Å². The molecule has 8 heteroatoms. The van der Waals surface area contributed by atoms with Crippen LogP contribution in [-0.4, -0.2) is 44.5 Å². The van der Waals surface area contributed by atoms with Crippen LogP contribution >= 0.6 is 0 Å². The van der Waals surface area contributed by atoms with Crippen LogP contribution in [0.4, 0.5) is 5.82 Å². The van der Waals surface area contributed by atoms with Crippen molar-refractivity contribution < 1.29 is 4.52 Å². The number of pyridine rings is 1. The Balaban J connectivity index is 1.35. The number of nitrogens with zero attached hydrogens (tertiary/aromatic N) is 6. The molecule has 1 atom stereocenters. The van der Waals surface area contributed by atoms with Crippen molar-refractivity contribution in [2.45, 2.75) is 25.4 Å². The van der Waals surface area contributed by atoms with Gasteiger partial charge >= 0.3 is 0 Å². The van der Waals surface area contributed by atoms with Crippen molar-refractivity contribution in [2.24, 2.45) is 0 Å². The Hall–Kier alpha value is -2.87. The molecular weight excluding hydrogens is 318 g/mol. The quantitative estimate of drug-likeness (QED) is 0.752. The van der Waals surface area contributed by atoms with Crippen molar-refractivity contribution in [1.82, 2.24) is 30.6 Å². The third-order valence-corrected chi connectivity index (χ3v) is 4.21. The molecule has 25 heavy (non-hydrogen) atoms. The van der Waals surface area contributed by atoms with E-state index in [0.717, 1.165) is 31.7 Å². The van der Waals surface area contributed by atoms with Gasteiger partial charge in [0.1, 0.15) is 5.69 Å². The number of hydrogen-bond acceptors (Lipinski definition) is 8. The Morgan fingerprint density at radius 2 is 2.20 bits per heavy atom. The van der Waals surface area contributed by atoms with Crippen molar-refractivity contribution in [3.05, 3.63) is 48.6 Å². The molecule has 0 spiro atoms. The van der Waals surface area contributed by atoms with Crippen molar-refractivity contribution in [3.8, 4) is 11.5 Å². The van der Waals surface area contributed by atoms with Crippen LogP contribution in [0, 0.1) is 0 Å². The maximum Gasteiger partial charge on any atom is 0.240 e. The molecule has 0 saturated carbocycles. The molecule has 1 saturated heterocycles. The van der Waals surface area contributed by atoms with Gasteiger partial charge in [0, 0.05) is 31.5 Å². The van der Waals surface area contributed by atoms with Crippen LogP contribution in [0.15, 0.2) is 47.2 Å². The first-order valence-corrected chi connectivity index (χ1v) is 8.38. The van der Waals surface area contributed by atoms with Crippen LogP contribution in [0.5, 0.6) is 0 Å². The van der Waals surface area contributed by atoms with E-state index in [1.807, 2.05) is 30.3 Å². The molecule has 0 unspecified atom stereocenters. The first-order chi connectivity index (χ1) is 12.4. The minimum Gasteiger partial charge on any atom is -0.354 e. The van der Waals surface area contributed by atoms with Crippen LogP contribution in [0.1, 0.15) is 18.7 Å². The molecular formula is C17H19N7O. The maximum absolute atomic E-state index is 5.32. The lowest BCUT2D eigenvalue weighted by atomic mass is 10.1. The second kappa shape index (κ2) is 7.35. The van der Waals surface area contributed by atoms with Gasteiger partial charge in [-0.25, -0.2) is 0 Å². The normalized spacial score (nSPS) is 17.6. The second-order valence-corrected chi connectivity index (χ2v) is 5.97. The van der Waals surface area contributed by atoms with E-state index in [4.69, 9.17) is 4.52 Å². The Kier molecular flexibility index (Phi) is 4.60. The minimum atomic E-state index is 0.348. The third-order valence-electron chi connectivity index (χ3n) is 4.21. The summed E-state index contributed by atoms with van der Waals surface area (Å²) in [4.78, 5) is 10.9. The summed E-state index contributed by atoms with van der Waals surface area (Å²) in [5.74, 6) is 2.00. The highest BCUT2D eigenvalue weighted by Gasteiger charge is 2.21. The zero-order chi connectivity index (χ0) is 16.9. The van der Waals surface area contributed by atoms with Gasteiger partial charge in [-0.3, -0.25) is 4.98 Å². The van der Waals surface area contributed by atoms with Gasteiger partial charge in [-0.2, -0.15) is 10.1 Å². The first kappa shape index (κ1) is 15.6. The first-order valence-electron chi connectivity index (χ1n) is 8.38. The van der Waals surface area contributed by atoms with Crippen molar-refractivity contribution in [3.63, 3.8) is 0 Å². The molecule has 1 N–H and O–H groups in total. The summed E-state index contributed by atoms with van der Waals surface area (Å²) in [6.45, 7) is 2.43. The summed E-state index contributed by atoms with van der Waals surface area (Å²) < 4.78 is 5.32. The van der Waals surface area contributed by atoms with E-state index in [0.29, 0.717) is 30.0 Å². The lowest BCUT2D eigenvalue weighted by molar-refractivity contribution is 0.343. The summed E-state index contributed by atoms with van der Waals surface area (Å²) in [5, 5.41) is 15.6. The third kappa shape index (κ3) is 3.80. The zero-order valence-electron chi connectivity index (χ0n) is 13.7. The van der Waals surface area contributed by atoms with Gasteiger partial charge < -0.3 is 14.7 Å². The zero-order valence-corrected chi connectivity index (χ0v) is 13.7. The Morgan fingerprint density at radius 1 is 1.20 bits per heavy atom. The van der Waals surface area contributed by atoms with Gasteiger partial charge in [-0.15, -0.1) is 5.10 Å². The predicted molar refractivity (Wildman–Crippen MR) is 91.6 cm³/mol. The molecule has 0 aromatic carbocycles. The van der Waals surface area contributed by atoms with Crippen LogP contribution in [-0.2, 0) is 6.54 Å². The largest absolute Gasteiger partial charge is 0.354 e. The number of rotatable bonds is 5. The van der Waals surface area contributed by atoms with E-state index < -0.39 is 0 Å². The molecule has 3 aromatic heterocycles. The highest BCUT2D eigenvalue weighted by molar-refractivity contribution is 5.47. The van der Waals surface area contributed by atoms with Crippen molar-refractivity contribution >= 4 is 5.82 Å². The fourth-order valence-corrected chi connectivity index (χ4v) is 2.97. The highest BCUT2D eigenvalue weighted by Crippen LogP contribution is 2.17. The topological polar surface area (TPSA) is 92.9 Å². The summed E-state index contributed by atoms with van der Waals surface area (Å²) in [6, 6.07) is 9.88. The SMILES string of the molecule is c1ccc(-c2noc(CN[C@@H]3CCCN(c4cccnn4)C3)n2)nc1. The van der Waals surface area contributed by atoms with Gasteiger partial charge in [0.15, 0.2) is 5.82 Å². The molecule has 8 nitrogen and oxygen atoms in total. The average Bonchev–Trinajstić information content (AvgIpc) is 3.17. The van der Waals surface area contributed by atoms with Crippen LogP contribution in [0.3, 0.4) is 0 Å². The van der Waals surface area contributed by atoms with Crippen LogP contribution in [0.2, 0.25) is 0 Å².